The van der Waals surface area contributed by atoms with Gasteiger partial charge in [-0.2, -0.15) is 0 Å². The lowest BCUT2D eigenvalue weighted by molar-refractivity contribution is 0.439. The maximum absolute atomic E-state index is 6.27. The molecular weight excluding hydrogens is 291 g/mol. The van der Waals surface area contributed by atoms with Crippen LogP contribution in [-0.4, -0.2) is 15.4 Å². The number of aromatic nitrogens is 2. The van der Waals surface area contributed by atoms with Crippen LogP contribution in [0.5, 0.6) is 0 Å². The van der Waals surface area contributed by atoms with E-state index in [1.165, 1.54) is 19.3 Å². The van der Waals surface area contributed by atoms with E-state index in [0.717, 1.165) is 46.7 Å². The number of hydrogen-bond donors (Lipinski definition) is 0. The molecule has 0 amide bonds. The van der Waals surface area contributed by atoms with Crippen molar-refractivity contribution in [3.05, 3.63) is 29.0 Å². The van der Waals surface area contributed by atoms with Gasteiger partial charge in [0.2, 0.25) is 0 Å². The monoisotopic (exact) mass is 310 g/mol. The summed E-state index contributed by atoms with van der Waals surface area (Å²) in [7, 11) is 0. The number of halogens is 2. The first-order valence-corrected chi connectivity index (χ1v) is 8.30. The summed E-state index contributed by atoms with van der Waals surface area (Å²) in [6, 6.07) is 6.03. The number of fused-ring (bicyclic) bond motifs is 1. The van der Waals surface area contributed by atoms with Gasteiger partial charge in [0, 0.05) is 18.8 Å². The summed E-state index contributed by atoms with van der Waals surface area (Å²) in [5.74, 6) is 3.29. The van der Waals surface area contributed by atoms with E-state index in [0.29, 0.717) is 5.88 Å². The second-order valence-electron chi connectivity index (χ2n) is 5.97. The molecule has 108 valence electrons. The van der Waals surface area contributed by atoms with Crippen LogP contribution < -0.4 is 0 Å². The minimum Gasteiger partial charge on any atom is -0.328 e. The first-order valence-electron chi connectivity index (χ1n) is 7.38. The van der Waals surface area contributed by atoms with Crippen molar-refractivity contribution in [1.82, 2.24) is 9.55 Å². The highest BCUT2D eigenvalue weighted by Crippen LogP contribution is 2.33. The molecule has 1 fully saturated rings. The maximum Gasteiger partial charge on any atom is 0.111 e. The average Bonchev–Trinajstić information content (AvgIpc) is 2.97. The largest absolute Gasteiger partial charge is 0.328 e. The molecule has 0 radical (unpaired) electrons. The molecule has 2 unspecified atom stereocenters. The van der Waals surface area contributed by atoms with Crippen LogP contribution in [0.2, 0.25) is 5.02 Å². The number of rotatable bonds is 4. The van der Waals surface area contributed by atoms with Gasteiger partial charge in [-0.1, -0.05) is 31.0 Å². The summed E-state index contributed by atoms with van der Waals surface area (Å²) in [5, 5.41) is 0.733. The minimum absolute atomic E-state index is 0.599. The molecule has 4 heteroatoms. The molecule has 3 rings (SSSR count). The molecule has 2 nitrogen and oxygen atoms in total. The molecule has 0 saturated heterocycles. The summed E-state index contributed by atoms with van der Waals surface area (Å²) in [4.78, 5) is 4.71. The number of para-hydroxylation sites is 1. The third-order valence-corrected chi connectivity index (χ3v) is 4.86. The van der Waals surface area contributed by atoms with E-state index in [2.05, 4.69) is 17.6 Å². The van der Waals surface area contributed by atoms with E-state index in [-0.39, 0.29) is 0 Å². The van der Waals surface area contributed by atoms with Gasteiger partial charge < -0.3 is 4.57 Å². The Kier molecular flexibility index (Phi) is 4.23. The van der Waals surface area contributed by atoms with Crippen LogP contribution in [0.15, 0.2) is 18.2 Å². The van der Waals surface area contributed by atoms with Crippen molar-refractivity contribution in [1.29, 1.82) is 0 Å². The van der Waals surface area contributed by atoms with E-state index in [1.54, 1.807) is 0 Å². The Morgan fingerprint density at radius 1 is 1.35 bits per heavy atom. The van der Waals surface area contributed by atoms with Gasteiger partial charge in [0.1, 0.15) is 11.3 Å². The van der Waals surface area contributed by atoms with Crippen molar-refractivity contribution in [3.8, 4) is 0 Å². The van der Waals surface area contributed by atoms with E-state index in [1.807, 2.05) is 12.1 Å². The van der Waals surface area contributed by atoms with Crippen LogP contribution in [0.1, 0.15) is 32.0 Å². The van der Waals surface area contributed by atoms with Gasteiger partial charge in [0.15, 0.2) is 0 Å². The normalized spacial score (nSPS) is 22.8. The molecule has 1 aliphatic rings. The van der Waals surface area contributed by atoms with Crippen LogP contribution in [-0.2, 0) is 13.0 Å². The molecule has 0 spiro atoms. The number of hydrogen-bond acceptors (Lipinski definition) is 1. The fourth-order valence-corrected chi connectivity index (χ4v) is 3.77. The smallest absolute Gasteiger partial charge is 0.111 e. The Labute approximate surface area is 130 Å². The number of alkyl halides is 1. The van der Waals surface area contributed by atoms with Crippen LogP contribution in [0, 0.1) is 11.8 Å². The van der Waals surface area contributed by atoms with Crippen molar-refractivity contribution < 1.29 is 0 Å². The lowest BCUT2D eigenvalue weighted by Crippen LogP contribution is -2.11. The number of benzene rings is 1. The van der Waals surface area contributed by atoms with Gasteiger partial charge in [-0.05, 0) is 36.8 Å². The summed E-state index contributed by atoms with van der Waals surface area (Å²) < 4.78 is 2.34. The number of nitrogens with zero attached hydrogens (tertiary/aromatic N) is 2. The maximum atomic E-state index is 6.27. The van der Waals surface area contributed by atoms with Crippen molar-refractivity contribution >= 4 is 34.2 Å². The van der Waals surface area contributed by atoms with E-state index in [4.69, 9.17) is 28.2 Å². The molecule has 1 heterocycles. The molecule has 1 aromatic carbocycles. The minimum atomic E-state index is 0.599. The Bertz CT molecular complexity index is 606. The highest BCUT2D eigenvalue weighted by molar-refractivity contribution is 6.34. The quantitative estimate of drug-likeness (QED) is 0.734. The summed E-state index contributed by atoms with van der Waals surface area (Å²) in [6.07, 6.45) is 4.79. The Morgan fingerprint density at radius 3 is 2.90 bits per heavy atom. The molecule has 0 N–H and O–H groups in total. The van der Waals surface area contributed by atoms with Gasteiger partial charge in [0.25, 0.3) is 0 Å². The fourth-order valence-electron chi connectivity index (χ4n) is 3.39. The van der Waals surface area contributed by atoms with Crippen LogP contribution in [0.3, 0.4) is 0 Å². The lowest BCUT2D eigenvalue weighted by atomic mass is 10.1. The van der Waals surface area contributed by atoms with Crippen molar-refractivity contribution in [3.63, 3.8) is 0 Å². The number of aryl methyl sites for hydroxylation is 1. The lowest BCUT2D eigenvalue weighted by Gasteiger charge is -2.14. The van der Waals surface area contributed by atoms with E-state index < -0.39 is 0 Å². The van der Waals surface area contributed by atoms with E-state index >= 15 is 0 Å². The van der Waals surface area contributed by atoms with Crippen molar-refractivity contribution in [2.75, 3.05) is 5.88 Å². The molecular formula is C16H20Cl2N2. The van der Waals surface area contributed by atoms with Crippen LogP contribution >= 0.6 is 23.2 Å². The topological polar surface area (TPSA) is 17.8 Å². The molecule has 1 aromatic heterocycles. The summed E-state index contributed by atoms with van der Waals surface area (Å²) in [6.45, 7) is 3.40. The van der Waals surface area contributed by atoms with Crippen molar-refractivity contribution in [2.45, 2.75) is 39.2 Å². The molecule has 1 aliphatic carbocycles. The molecule has 0 bridgehead atoms. The van der Waals surface area contributed by atoms with Crippen LogP contribution in [0.4, 0.5) is 0 Å². The highest BCUT2D eigenvalue weighted by Gasteiger charge is 2.23. The van der Waals surface area contributed by atoms with Crippen molar-refractivity contribution in [2.24, 2.45) is 11.8 Å². The third kappa shape index (κ3) is 2.68. The predicted octanol–water partition coefficient (Wildman–Crippen LogP) is 4.91. The van der Waals surface area contributed by atoms with Gasteiger partial charge in [-0.3, -0.25) is 0 Å². The molecule has 20 heavy (non-hydrogen) atoms. The molecule has 0 aliphatic heterocycles. The average molecular weight is 311 g/mol. The SMILES string of the molecule is CC1CCC(Cn2c(CCCl)nc3c(Cl)cccc32)C1. The zero-order chi connectivity index (χ0) is 14.1. The fraction of sp³-hybridized carbons (Fsp3) is 0.562. The van der Waals surface area contributed by atoms with Crippen LogP contribution in [0.25, 0.3) is 11.0 Å². The number of imidazole rings is 1. The zero-order valence-electron chi connectivity index (χ0n) is 11.8. The Balaban J connectivity index is 1.98. The molecule has 2 aromatic rings. The zero-order valence-corrected chi connectivity index (χ0v) is 13.3. The second kappa shape index (κ2) is 5.95. The Morgan fingerprint density at radius 2 is 2.20 bits per heavy atom. The van der Waals surface area contributed by atoms with Gasteiger partial charge in [0.05, 0.1) is 10.5 Å². The van der Waals surface area contributed by atoms with Gasteiger partial charge in [-0.25, -0.2) is 4.98 Å². The standard InChI is InChI=1S/C16H20Cl2N2/c1-11-5-6-12(9-11)10-20-14-4-2-3-13(18)16(14)19-15(20)7-8-17/h2-4,11-12H,5-10H2,1H3. The highest BCUT2D eigenvalue weighted by atomic mass is 35.5. The molecule has 1 saturated carbocycles. The Hall–Kier alpha value is -0.730. The first-order chi connectivity index (χ1) is 9.69. The first kappa shape index (κ1) is 14.2. The second-order valence-corrected chi connectivity index (χ2v) is 6.75. The molecule has 2 atom stereocenters. The van der Waals surface area contributed by atoms with Gasteiger partial charge >= 0.3 is 0 Å². The van der Waals surface area contributed by atoms with Gasteiger partial charge in [-0.15, -0.1) is 11.6 Å². The predicted molar refractivity (Wildman–Crippen MR) is 85.7 cm³/mol. The third-order valence-electron chi connectivity index (χ3n) is 4.37. The van der Waals surface area contributed by atoms with E-state index in [9.17, 15) is 0 Å². The summed E-state index contributed by atoms with van der Waals surface area (Å²) >= 11 is 12.2. The summed E-state index contributed by atoms with van der Waals surface area (Å²) in [5.41, 5.74) is 2.07.